The summed E-state index contributed by atoms with van der Waals surface area (Å²) in [6.07, 6.45) is 0. The molecule has 0 saturated carbocycles. The van der Waals surface area contributed by atoms with Gasteiger partial charge in [-0.2, -0.15) is 0 Å². The van der Waals surface area contributed by atoms with Gasteiger partial charge in [-0.25, -0.2) is 4.79 Å². The lowest BCUT2D eigenvalue weighted by atomic mass is 10.2. The zero-order chi connectivity index (χ0) is 8.97. The Balaban J connectivity index is 2.81. The summed E-state index contributed by atoms with van der Waals surface area (Å²) in [5.41, 5.74) is 0.546. The molecule has 0 aromatic heterocycles. The molecule has 3 heteroatoms. The minimum absolute atomic E-state index is 0.298. The van der Waals surface area contributed by atoms with E-state index in [0.29, 0.717) is 12.2 Å². The van der Waals surface area contributed by atoms with Crippen LogP contribution in [0.4, 0.5) is 0 Å². The maximum atomic E-state index is 11.1. The first-order valence-corrected chi connectivity index (χ1v) is 4.15. The van der Waals surface area contributed by atoms with Crippen molar-refractivity contribution in [1.29, 1.82) is 0 Å². The smallest absolute Gasteiger partial charge is 0.338 e. The van der Waals surface area contributed by atoms with Crippen molar-refractivity contribution in [2.24, 2.45) is 0 Å². The molecule has 0 aliphatic heterocycles. The SMILES string of the molecule is CCOC(=O)c1cccc(S)c1. The molecule has 0 heterocycles. The predicted molar refractivity (Wildman–Crippen MR) is 49.7 cm³/mol. The molecule has 0 amide bonds. The lowest BCUT2D eigenvalue weighted by molar-refractivity contribution is 0.0526. The Morgan fingerprint density at radius 2 is 2.33 bits per heavy atom. The van der Waals surface area contributed by atoms with Crippen molar-refractivity contribution in [2.75, 3.05) is 6.61 Å². The van der Waals surface area contributed by atoms with Gasteiger partial charge in [0.1, 0.15) is 0 Å². The maximum Gasteiger partial charge on any atom is 0.338 e. The number of esters is 1. The van der Waals surface area contributed by atoms with Crippen molar-refractivity contribution in [1.82, 2.24) is 0 Å². The molecule has 0 fully saturated rings. The van der Waals surface area contributed by atoms with Crippen LogP contribution in [0.25, 0.3) is 0 Å². The highest BCUT2D eigenvalue weighted by atomic mass is 32.1. The largest absolute Gasteiger partial charge is 0.462 e. The van der Waals surface area contributed by atoms with Gasteiger partial charge in [0.15, 0.2) is 0 Å². The van der Waals surface area contributed by atoms with Gasteiger partial charge in [-0.05, 0) is 25.1 Å². The number of carbonyl (C=O) groups excluding carboxylic acids is 1. The Morgan fingerprint density at radius 3 is 2.92 bits per heavy atom. The maximum absolute atomic E-state index is 11.1. The van der Waals surface area contributed by atoms with Crippen LogP contribution in [0.15, 0.2) is 29.2 Å². The number of carbonyl (C=O) groups is 1. The number of rotatable bonds is 2. The second kappa shape index (κ2) is 4.16. The van der Waals surface area contributed by atoms with E-state index in [1.807, 2.05) is 6.07 Å². The van der Waals surface area contributed by atoms with Crippen molar-refractivity contribution in [3.8, 4) is 0 Å². The van der Waals surface area contributed by atoms with Gasteiger partial charge < -0.3 is 4.74 Å². The van der Waals surface area contributed by atoms with Crippen molar-refractivity contribution < 1.29 is 9.53 Å². The standard InChI is InChI=1S/C9H10O2S/c1-2-11-9(10)7-4-3-5-8(12)6-7/h3-6,12H,2H2,1H3. The van der Waals surface area contributed by atoms with E-state index in [2.05, 4.69) is 12.6 Å². The number of thiol groups is 1. The molecular weight excluding hydrogens is 172 g/mol. The zero-order valence-electron chi connectivity index (χ0n) is 6.78. The normalized spacial score (nSPS) is 9.50. The summed E-state index contributed by atoms with van der Waals surface area (Å²) in [4.78, 5) is 11.9. The summed E-state index contributed by atoms with van der Waals surface area (Å²) < 4.78 is 4.81. The molecule has 1 aromatic rings. The van der Waals surface area contributed by atoms with Gasteiger partial charge in [0, 0.05) is 4.90 Å². The molecule has 0 saturated heterocycles. The Bertz CT molecular complexity index is 284. The van der Waals surface area contributed by atoms with E-state index < -0.39 is 0 Å². The minimum Gasteiger partial charge on any atom is -0.462 e. The second-order valence-corrected chi connectivity index (χ2v) is 2.79. The molecule has 0 bridgehead atoms. The molecular formula is C9H10O2S. The van der Waals surface area contributed by atoms with Gasteiger partial charge in [-0.15, -0.1) is 12.6 Å². The van der Waals surface area contributed by atoms with Crippen LogP contribution in [0.2, 0.25) is 0 Å². The van der Waals surface area contributed by atoms with Gasteiger partial charge in [0.2, 0.25) is 0 Å². The van der Waals surface area contributed by atoms with Crippen molar-refractivity contribution in [3.63, 3.8) is 0 Å². The first-order chi connectivity index (χ1) is 5.74. The predicted octanol–water partition coefficient (Wildman–Crippen LogP) is 2.15. The topological polar surface area (TPSA) is 26.3 Å². The molecule has 0 unspecified atom stereocenters. The molecule has 0 spiro atoms. The zero-order valence-corrected chi connectivity index (χ0v) is 7.67. The van der Waals surface area contributed by atoms with E-state index in [1.54, 1.807) is 25.1 Å². The third kappa shape index (κ3) is 2.27. The van der Waals surface area contributed by atoms with E-state index in [4.69, 9.17) is 4.74 Å². The molecule has 1 rings (SSSR count). The van der Waals surface area contributed by atoms with E-state index in [9.17, 15) is 4.79 Å². The fourth-order valence-electron chi connectivity index (χ4n) is 0.847. The van der Waals surface area contributed by atoms with Crippen molar-refractivity contribution >= 4 is 18.6 Å². The quantitative estimate of drug-likeness (QED) is 0.560. The third-order valence-corrected chi connectivity index (χ3v) is 1.64. The second-order valence-electron chi connectivity index (χ2n) is 2.27. The lowest BCUT2D eigenvalue weighted by Gasteiger charge is -2.01. The van der Waals surface area contributed by atoms with Crippen LogP contribution in [0, 0.1) is 0 Å². The Kier molecular flexibility index (Phi) is 3.17. The molecule has 0 aliphatic carbocycles. The Hall–Kier alpha value is -0.960. The number of ether oxygens (including phenoxy) is 1. The monoisotopic (exact) mass is 182 g/mol. The van der Waals surface area contributed by atoms with E-state index >= 15 is 0 Å². The summed E-state index contributed by atoms with van der Waals surface area (Å²) in [6, 6.07) is 6.97. The van der Waals surface area contributed by atoms with Gasteiger partial charge in [0.05, 0.1) is 12.2 Å². The Labute approximate surface area is 77.0 Å². The molecule has 0 atom stereocenters. The van der Waals surface area contributed by atoms with E-state index in [-0.39, 0.29) is 5.97 Å². The summed E-state index contributed by atoms with van der Waals surface area (Å²) in [6.45, 7) is 2.18. The molecule has 12 heavy (non-hydrogen) atoms. The highest BCUT2D eigenvalue weighted by molar-refractivity contribution is 7.80. The van der Waals surface area contributed by atoms with Crippen LogP contribution in [0.5, 0.6) is 0 Å². The van der Waals surface area contributed by atoms with Gasteiger partial charge in [0.25, 0.3) is 0 Å². The van der Waals surface area contributed by atoms with Gasteiger partial charge in [-0.1, -0.05) is 6.07 Å². The van der Waals surface area contributed by atoms with Crippen LogP contribution in [0.3, 0.4) is 0 Å². The summed E-state index contributed by atoms with van der Waals surface area (Å²) in [5.74, 6) is -0.298. The van der Waals surface area contributed by atoms with E-state index in [1.165, 1.54) is 0 Å². The average molecular weight is 182 g/mol. The average Bonchev–Trinajstić information content (AvgIpc) is 2.05. The molecule has 2 nitrogen and oxygen atoms in total. The lowest BCUT2D eigenvalue weighted by Crippen LogP contribution is -2.03. The van der Waals surface area contributed by atoms with Crippen molar-refractivity contribution in [2.45, 2.75) is 11.8 Å². The van der Waals surface area contributed by atoms with Crippen LogP contribution >= 0.6 is 12.6 Å². The fourth-order valence-corrected chi connectivity index (χ4v) is 1.07. The summed E-state index contributed by atoms with van der Waals surface area (Å²) >= 11 is 4.11. The highest BCUT2D eigenvalue weighted by Crippen LogP contribution is 2.09. The number of hydrogen-bond acceptors (Lipinski definition) is 3. The summed E-state index contributed by atoms with van der Waals surface area (Å²) in [5, 5.41) is 0. The van der Waals surface area contributed by atoms with E-state index in [0.717, 1.165) is 4.90 Å². The minimum atomic E-state index is -0.298. The first kappa shape index (κ1) is 9.13. The molecule has 64 valence electrons. The molecule has 0 N–H and O–H groups in total. The molecule has 0 radical (unpaired) electrons. The van der Waals surface area contributed by atoms with Crippen molar-refractivity contribution in [3.05, 3.63) is 29.8 Å². The van der Waals surface area contributed by atoms with Crippen LogP contribution in [-0.4, -0.2) is 12.6 Å². The Morgan fingerprint density at radius 1 is 1.58 bits per heavy atom. The highest BCUT2D eigenvalue weighted by Gasteiger charge is 2.04. The number of benzene rings is 1. The van der Waals surface area contributed by atoms with Crippen LogP contribution in [0.1, 0.15) is 17.3 Å². The molecule has 0 aliphatic rings. The van der Waals surface area contributed by atoms with Gasteiger partial charge >= 0.3 is 5.97 Å². The fraction of sp³-hybridized carbons (Fsp3) is 0.222. The third-order valence-electron chi connectivity index (χ3n) is 1.36. The van der Waals surface area contributed by atoms with Crippen LogP contribution in [-0.2, 0) is 4.74 Å². The summed E-state index contributed by atoms with van der Waals surface area (Å²) in [7, 11) is 0. The van der Waals surface area contributed by atoms with Crippen LogP contribution < -0.4 is 0 Å². The van der Waals surface area contributed by atoms with Gasteiger partial charge in [-0.3, -0.25) is 0 Å². The first-order valence-electron chi connectivity index (χ1n) is 3.70. The number of hydrogen-bond donors (Lipinski definition) is 1. The molecule has 1 aromatic carbocycles.